The molecule has 25 heavy (non-hydrogen) atoms. The molecular formula is C22H32NOS+. The molecule has 1 aromatic heterocycles. The molecule has 3 atom stereocenters. The van der Waals surface area contributed by atoms with E-state index in [0.717, 1.165) is 24.4 Å². The van der Waals surface area contributed by atoms with Crippen LogP contribution in [0.25, 0.3) is 0 Å². The second kappa shape index (κ2) is 8.98. The molecule has 1 saturated carbocycles. The van der Waals surface area contributed by atoms with Gasteiger partial charge < -0.3 is 5.11 Å². The van der Waals surface area contributed by atoms with Crippen molar-refractivity contribution in [2.75, 3.05) is 11.3 Å². The lowest BCUT2D eigenvalue weighted by Crippen LogP contribution is -2.14. The first kappa shape index (κ1) is 18.6. The third-order valence-corrected chi connectivity index (χ3v) is 7.44. The maximum absolute atomic E-state index is 10.8. The Hall–Kier alpha value is -1.16. The average molecular weight is 359 g/mol. The van der Waals surface area contributed by atoms with Gasteiger partial charge in [-0.05, 0) is 37.2 Å². The average Bonchev–Trinajstić information content (AvgIpc) is 3.05. The fourth-order valence-corrected chi connectivity index (χ4v) is 6.06. The number of hydrogen-bond acceptors (Lipinski definition) is 2. The number of benzene rings is 1. The van der Waals surface area contributed by atoms with Gasteiger partial charge in [0.05, 0.1) is 16.8 Å². The molecule has 2 N–H and O–H groups in total. The summed E-state index contributed by atoms with van der Waals surface area (Å²) in [6, 6.07) is 12.5. The molecular weight excluding hydrogens is 326 g/mol. The lowest BCUT2D eigenvalue weighted by molar-refractivity contribution is 0.118. The molecule has 3 rings (SSSR count). The molecule has 1 heterocycles. The summed E-state index contributed by atoms with van der Waals surface area (Å²) in [4.78, 5) is 1.55. The van der Waals surface area contributed by atoms with Crippen LogP contribution in [0.4, 0.5) is 0 Å². The van der Waals surface area contributed by atoms with Crippen molar-refractivity contribution in [3.05, 3.63) is 57.8 Å². The van der Waals surface area contributed by atoms with Gasteiger partial charge in [-0.15, -0.1) is 4.72 Å². The Balaban J connectivity index is 1.80. The summed E-state index contributed by atoms with van der Waals surface area (Å²) in [6.45, 7) is 5.36. The number of nitrogens with one attached hydrogen (secondary N) is 1. The molecule has 1 aromatic carbocycles. The maximum atomic E-state index is 10.8. The van der Waals surface area contributed by atoms with Crippen LogP contribution >= 0.6 is 10.7 Å². The SMILES string of the molecule is CCN[s+]1ccc(C2CCCCC2)c1CC(C)C(O)c1ccccc1. The Bertz CT molecular complexity index is 645. The van der Waals surface area contributed by atoms with Gasteiger partial charge >= 0.3 is 0 Å². The molecule has 1 fully saturated rings. The Morgan fingerprint density at radius 3 is 2.52 bits per heavy atom. The largest absolute Gasteiger partial charge is 0.388 e. The molecule has 2 aromatic rings. The highest BCUT2D eigenvalue weighted by molar-refractivity contribution is 7.31. The molecule has 0 bridgehead atoms. The number of aliphatic hydroxyl groups excluding tert-OH is 1. The normalized spacial score (nSPS) is 18.9. The molecule has 0 spiro atoms. The molecule has 3 heteroatoms. The summed E-state index contributed by atoms with van der Waals surface area (Å²) < 4.78 is 3.65. The summed E-state index contributed by atoms with van der Waals surface area (Å²) in [6.07, 6.45) is 7.38. The van der Waals surface area contributed by atoms with Crippen molar-refractivity contribution in [2.24, 2.45) is 5.92 Å². The molecule has 136 valence electrons. The van der Waals surface area contributed by atoms with E-state index in [-0.39, 0.29) is 16.6 Å². The molecule has 0 radical (unpaired) electrons. The zero-order valence-electron chi connectivity index (χ0n) is 15.6. The van der Waals surface area contributed by atoms with Gasteiger partial charge in [-0.25, -0.2) is 0 Å². The van der Waals surface area contributed by atoms with Crippen LogP contribution in [0.1, 0.15) is 74.0 Å². The van der Waals surface area contributed by atoms with Crippen LogP contribution in [0, 0.1) is 5.92 Å². The van der Waals surface area contributed by atoms with E-state index in [1.807, 2.05) is 30.3 Å². The van der Waals surface area contributed by atoms with Gasteiger partial charge in [0, 0.05) is 24.6 Å². The molecule has 3 unspecified atom stereocenters. The monoisotopic (exact) mass is 358 g/mol. The predicted octanol–water partition coefficient (Wildman–Crippen LogP) is 5.96. The highest BCUT2D eigenvalue weighted by Gasteiger charge is 2.30. The van der Waals surface area contributed by atoms with Crippen LogP contribution in [0.5, 0.6) is 0 Å². The summed E-state index contributed by atoms with van der Waals surface area (Å²) in [5.41, 5.74) is 2.61. The Kier molecular flexibility index (Phi) is 6.69. The van der Waals surface area contributed by atoms with Crippen molar-refractivity contribution >= 4 is 10.7 Å². The van der Waals surface area contributed by atoms with Gasteiger partial charge in [-0.3, -0.25) is 0 Å². The summed E-state index contributed by atoms with van der Waals surface area (Å²) in [5.74, 6) is 0.960. The maximum Gasteiger partial charge on any atom is 0.175 e. The van der Waals surface area contributed by atoms with E-state index in [1.54, 1.807) is 10.4 Å². The standard InChI is InChI=1S/C22H32NOS/c1-3-23-25-15-14-20(18-10-6-4-7-11-18)21(25)16-17(2)22(24)19-12-8-5-9-13-19/h5,8-9,12-15,17-18,22-24H,3-4,6-7,10-11,16H2,1-2H3/q+1. The second-order valence-electron chi connectivity index (χ2n) is 7.39. The van der Waals surface area contributed by atoms with Gasteiger partial charge in [-0.2, -0.15) is 0 Å². The molecule has 0 saturated heterocycles. The third kappa shape index (κ3) is 4.52. The van der Waals surface area contributed by atoms with Crippen LogP contribution in [0.2, 0.25) is 0 Å². The number of thiophene rings is 1. The number of rotatable bonds is 7. The minimum Gasteiger partial charge on any atom is -0.388 e. The van der Waals surface area contributed by atoms with Gasteiger partial charge in [0.1, 0.15) is 0 Å². The molecule has 2 nitrogen and oxygen atoms in total. The van der Waals surface area contributed by atoms with E-state index < -0.39 is 6.10 Å². The fraction of sp³-hybridized carbons (Fsp3) is 0.545. The van der Waals surface area contributed by atoms with E-state index in [4.69, 9.17) is 0 Å². The zero-order chi connectivity index (χ0) is 17.6. The van der Waals surface area contributed by atoms with Crippen molar-refractivity contribution in [1.29, 1.82) is 0 Å². The molecule has 1 aliphatic rings. The first-order valence-corrected chi connectivity index (χ1v) is 11.1. The van der Waals surface area contributed by atoms with Crippen LogP contribution in [-0.2, 0) is 6.42 Å². The van der Waals surface area contributed by atoms with Gasteiger partial charge in [-0.1, -0.05) is 56.5 Å². The van der Waals surface area contributed by atoms with Crippen molar-refractivity contribution < 1.29 is 5.11 Å². The van der Waals surface area contributed by atoms with Crippen LogP contribution in [0.15, 0.2) is 41.8 Å². The van der Waals surface area contributed by atoms with Crippen LogP contribution in [-0.4, -0.2) is 11.7 Å². The number of hydrogen-bond donors (Lipinski definition) is 2. The van der Waals surface area contributed by atoms with E-state index in [2.05, 4.69) is 30.0 Å². The summed E-state index contributed by atoms with van der Waals surface area (Å²) in [7, 11) is 0.0476. The van der Waals surface area contributed by atoms with E-state index >= 15 is 0 Å². The zero-order valence-corrected chi connectivity index (χ0v) is 16.4. The topological polar surface area (TPSA) is 32.3 Å². The quantitative estimate of drug-likeness (QED) is 0.599. The van der Waals surface area contributed by atoms with E-state index in [9.17, 15) is 5.11 Å². The minimum atomic E-state index is -0.394. The Labute approximate surface area is 155 Å². The highest BCUT2D eigenvalue weighted by atomic mass is 32.2. The Morgan fingerprint density at radius 1 is 1.12 bits per heavy atom. The third-order valence-electron chi connectivity index (χ3n) is 5.50. The lowest BCUT2D eigenvalue weighted by atomic mass is 9.83. The van der Waals surface area contributed by atoms with Crippen molar-refractivity contribution in [1.82, 2.24) is 0 Å². The number of aliphatic hydroxyl groups is 1. The molecule has 1 aliphatic carbocycles. The summed E-state index contributed by atoms with van der Waals surface area (Å²) >= 11 is 0. The van der Waals surface area contributed by atoms with Crippen LogP contribution in [0.3, 0.4) is 0 Å². The molecule has 0 amide bonds. The smallest absolute Gasteiger partial charge is 0.175 e. The first-order valence-electron chi connectivity index (χ1n) is 9.81. The minimum absolute atomic E-state index is 0.0476. The van der Waals surface area contributed by atoms with Gasteiger partial charge in [0.25, 0.3) is 0 Å². The highest BCUT2D eigenvalue weighted by Crippen LogP contribution is 2.41. The fourth-order valence-electron chi connectivity index (χ4n) is 4.10. The van der Waals surface area contributed by atoms with E-state index in [1.165, 1.54) is 32.1 Å². The van der Waals surface area contributed by atoms with Crippen LogP contribution < -0.4 is 4.72 Å². The Morgan fingerprint density at radius 2 is 1.84 bits per heavy atom. The second-order valence-corrected chi connectivity index (χ2v) is 9.12. The molecule has 0 aliphatic heterocycles. The lowest BCUT2D eigenvalue weighted by Gasteiger charge is -2.22. The van der Waals surface area contributed by atoms with Gasteiger partial charge in [0.2, 0.25) is 0 Å². The first-order chi connectivity index (χ1) is 12.2. The van der Waals surface area contributed by atoms with Gasteiger partial charge in [0.15, 0.2) is 10.3 Å². The summed E-state index contributed by atoms with van der Waals surface area (Å²) in [5, 5.41) is 13.2. The van der Waals surface area contributed by atoms with Crippen molar-refractivity contribution in [3.63, 3.8) is 0 Å². The van der Waals surface area contributed by atoms with Crippen molar-refractivity contribution in [2.45, 2.75) is 64.4 Å². The van der Waals surface area contributed by atoms with E-state index in [0.29, 0.717) is 0 Å². The van der Waals surface area contributed by atoms with Crippen molar-refractivity contribution in [3.8, 4) is 0 Å². The predicted molar refractivity (Wildman–Crippen MR) is 109 cm³/mol.